The fourth-order valence-corrected chi connectivity index (χ4v) is 2.94. The van der Waals surface area contributed by atoms with Gasteiger partial charge in [0, 0.05) is 19.1 Å². The van der Waals surface area contributed by atoms with E-state index in [9.17, 15) is 0 Å². The molecule has 15 heavy (non-hydrogen) atoms. The molecule has 1 unspecified atom stereocenters. The smallest absolute Gasteiger partial charge is 0.0787 e. The van der Waals surface area contributed by atoms with Crippen molar-refractivity contribution in [2.75, 3.05) is 11.4 Å². The first-order chi connectivity index (χ1) is 7.36. The van der Waals surface area contributed by atoms with Crippen molar-refractivity contribution in [3.05, 3.63) is 11.9 Å². The van der Waals surface area contributed by atoms with Gasteiger partial charge < -0.3 is 4.90 Å². The first kappa shape index (κ1) is 9.25. The van der Waals surface area contributed by atoms with Crippen LogP contribution in [0.2, 0.25) is 0 Å². The van der Waals surface area contributed by atoms with Gasteiger partial charge in [0.15, 0.2) is 0 Å². The van der Waals surface area contributed by atoms with Crippen LogP contribution in [0.1, 0.15) is 38.3 Å². The second kappa shape index (κ2) is 3.54. The van der Waals surface area contributed by atoms with Gasteiger partial charge in [0.25, 0.3) is 0 Å². The average molecular weight is 205 g/mol. The van der Waals surface area contributed by atoms with Crippen LogP contribution in [0.25, 0.3) is 0 Å². The fourth-order valence-electron chi connectivity index (χ4n) is 2.94. The van der Waals surface area contributed by atoms with E-state index < -0.39 is 0 Å². The zero-order chi connectivity index (χ0) is 10.3. The highest BCUT2D eigenvalue weighted by molar-refractivity contribution is 5.51. The molecule has 0 spiro atoms. The Hall–Kier alpha value is -0.990. The van der Waals surface area contributed by atoms with E-state index in [4.69, 9.17) is 0 Å². The predicted molar refractivity (Wildman–Crippen MR) is 61.2 cm³/mol. The van der Waals surface area contributed by atoms with Gasteiger partial charge in [-0.1, -0.05) is 0 Å². The quantitative estimate of drug-likeness (QED) is 0.701. The molecule has 0 amide bonds. The van der Waals surface area contributed by atoms with Gasteiger partial charge in [-0.3, -0.25) is 4.68 Å². The highest BCUT2D eigenvalue weighted by atomic mass is 15.3. The van der Waals surface area contributed by atoms with E-state index in [-0.39, 0.29) is 0 Å². The number of anilines is 1. The van der Waals surface area contributed by atoms with E-state index in [1.807, 2.05) is 0 Å². The number of aromatic nitrogens is 2. The van der Waals surface area contributed by atoms with E-state index in [2.05, 4.69) is 27.8 Å². The first-order valence-corrected chi connectivity index (χ1v) is 6.17. The molecule has 3 nitrogen and oxygen atoms in total. The Bertz CT molecular complexity index is 356. The molecule has 0 radical (unpaired) electrons. The number of rotatable bonds is 1. The van der Waals surface area contributed by atoms with Crippen molar-refractivity contribution in [3.8, 4) is 0 Å². The summed E-state index contributed by atoms with van der Waals surface area (Å²) in [5, 5.41) is 4.51. The van der Waals surface area contributed by atoms with Crippen LogP contribution in [0.5, 0.6) is 0 Å². The minimum atomic E-state index is 0.709. The molecule has 1 fully saturated rings. The molecule has 0 aliphatic carbocycles. The number of nitrogens with zero attached hydrogens (tertiary/aromatic N) is 3. The van der Waals surface area contributed by atoms with Crippen molar-refractivity contribution in [1.29, 1.82) is 0 Å². The monoisotopic (exact) mass is 205 g/mol. The number of aryl methyl sites for hydroxylation is 1. The van der Waals surface area contributed by atoms with Gasteiger partial charge in [0.1, 0.15) is 0 Å². The standard InChI is InChI=1S/C12H19N3/c1-10-5-4-7-14(10)12-9-13-15-8-3-2-6-11(12)15/h9-10H,2-8H2,1H3. The van der Waals surface area contributed by atoms with E-state index in [0.717, 1.165) is 6.54 Å². The lowest BCUT2D eigenvalue weighted by atomic mass is 10.1. The molecule has 1 aromatic rings. The molecule has 0 N–H and O–H groups in total. The first-order valence-electron chi connectivity index (χ1n) is 6.17. The number of hydrogen-bond acceptors (Lipinski definition) is 2. The molecule has 0 bridgehead atoms. The third kappa shape index (κ3) is 1.45. The van der Waals surface area contributed by atoms with Crippen LogP contribution < -0.4 is 4.90 Å². The van der Waals surface area contributed by atoms with Gasteiger partial charge >= 0.3 is 0 Å². The lowest BCUT2D eigenvalue weighted by molar-refractivity contribution is 0.485. The SMILES string of the molecule is CC1CCCN1c1cnn2c1CCCC2. The molecule has 1 saturated heterocycles. The highest BCUT2D eigenvalue weighted by Crippen LogP contribution is 2.31. The summed E-state index contributed by atoms with van der Waals surface area (Å²) in [4.78, 5) is 2.55. The second-order valence-electron chi connectivity index (χ2n) is 4.84. The van der Waals surface area contributed by atoms with Crippen molar-refractivity contribution in [2.24, 2.45) is 0 Å². The highest BCUT2D eigenvalue weighted by Gasteiger charge is 2.25. The van der Waals surface area contributed by atoms with Gasteiger partial charge in [-0.05, 0) is 39.0 Å². The number of fused-ring (bicyclic) bond motifs is 1. The topological polar surface area (TPSA) is 21.1 Å². The summed E-state index contributed by atoms with van der Waals surface area (Å²) in [5.74, 6) is 0. The van der Waals surface area contributed by atoms with Gasteiger partial charge in [0.2, 0.25) is 0 Å². The van der Waals surface area contributed by atoms with Crippen LogP contribution in [0.15, 0.2) is 6.20 Å². The summed E-state index contributed by atoms with van der Waals surface area (Å²) >= 11 is 0. The summed E-state index contributed by atoms with van der Waals surface area (Å²) in [5.41, 5.74) is 2.90. The van der Waals surface area contributed by atoms with Crippen LogP contribution in [-0.4, -0.2) is 22.4 Å². The van der Waals surface area contributed by atoms with Crippen molar-refractivity contribution in [3.63, 3.8) is 0 Å². The van der Waals surface area contributed by atoms with Crippen molar-refractivity contribution in [1.82, 2.24) is 9.78 Å². The Balaban J connectivity index is 1.94. The second-order valence-corrected chi connectivity index (χ2v) is 4.84. The molecular weight excluding hydrogens is 186 g/mol. The zero-order valence-corrected chi connectivity index (χ0v) is 9.45. The predicted octanol–water partition coefficient (Wildman–Crippen LogP) is 2.21. The van der Waals surface area contributed by atoms with Crippen LogP contribution in [0.4, 0.5) is 5.69 Å². The van der Waals surface area contributed by atoms with Gasteiger partial charge in [-0.25, -0.2) is 0 Å². The Morgan fingerprint density at radius 1 is 1.27 bits per heavy atom. The van der Waals surface area contributed by atoms with Crippen LogP contribution in [0.3, 0.4) is 0 Å². The molecule has 3 heterocycles. The molecule has 0 aromatic carbocycles. The van der Waals surface area contributed by atoms with E-state index in [1.165, 1.54) is 50.0 Å². The van der Waals surface area contributed by atoms with E-state index in [0.29, 0.717) is 6.04 Å². The van der Waals surface area contributed by atoms with Gasteiger partial charge in [0.05, 0.1) is 17.6 Å². The van der Waals surface area contributed by atoms with Gasteiger partial charge in [-0.2, -0.15) is 5.10 Å². The molecule has 3 heteroatoms. The average Bonchev–Trinajstić information content (AvgIpc) is 2.83. The van der Waals surface area contributed by atoms with Crippen molar-refractivity contribution in [2.45, 2.75) is 51.6 Å². The normalized spacial score (nSPS) is 25.7. The summed E-state index contributed by atoms with van der Waals surface area (Å²) in [6.45, 7) is 4.68. The molecule has 2 aliphatic heterocycles. The third-order valence-electron chi connectivity index (χ3n) is 3.82. The van der Waals surface area contributed by atoms with E-state index >= 15 is 0 Å². The summed E-state index contributed by atoms with van der Waals surface area (Å²) in [6.07, 6.45) is 8.61. The van der Waals surface area contributed by atoms with Crippen LogP contribution >= 0.6 is 0 Å². The Morgan fingerprint density at radius 3 is 3.00 bits per heavy atom. The molecular formula is C12H19N3. The van der Waals surface area contributed by atoms with E-state index in [1.54, 1.807) is 0 Å². The Kier molecular flexibility index (Phi) is 2.19. The molecule has 1 aromatic heterocycles. The van der Waals surface area contributed by atoms with Gasteiger partial charge in [-0.15, -0.1) is 0 Å². The van der Waals surface area contributed by atoms with Crippen LogP contribution in [0, 0.1) is 0 Å². The number of hydrogen-bond donors (Lipinski definition) is 0. The summed E-state index contributed by atoms with van der Waals surface area (Å²) < 4.78 is 2.21. The molecule has 3 rings (SSSR count). The third-order valence-corrected chi connectivity index (χ3v) is 3.82. The fraction of sp³-hybridized carbons (Fsp3) is 0.750. The summed E-state index contributed by atoms with van der Waals surface area (Å²) in [6, 6.07) is 0.709. The van der Waals surface area contributed by atoms with Crippen molar-refractivity contribution < 1.29 is 0 Å². The van der Waals surface area contributed by atoms with Crippen LogP contribution in [-0.2, 0) is 13.0 Å². The minimum Gasteiger partial charge on any atom is -0.366 e. The maximum absolute atomic E-state index is 4.51. The molecule has 0 saturated carbocycles. The lowest BCUT2D eigenvalue weighted by Crippen LogP contribution is -2.27. The largest absolute Gasteiger partial charge is 0.366 e. The zero-order valence-electron chi connectivity index (χ0n) is 9.45. The molecule has 82 valence electrons. The Morgan fingerprint density at radius 2 is 2.20 bits per heavy atom. The molecule has 2 aliphatic rings. The maximum Gasteiger partial charge on any atom is 0.0787 e. The lowest BCUT2D eigenvalue weighted by Gasteiger charge is -2.25. The summed E-state index contributed by atoms with van der Waals surface area (Å²) in [7, 11) is 0. The maximum atomic E-state index is 4.51. The minimum absolute atomic E-state index is 0.709. The Labute approximate surface area is 91.1 Å². The molecule has 1 atom stereocenters. The van der Waals surface area contributed by atoms with Crippen molar-refractivity contribution >= 4 is 5.69 Å².